The minimum Gasteiger partial charge on any atom is -0.370 e. The summed E-state index contributed by atoms with van der Waals surface area (Å²) in [6, 6.07) is 3.73. The summed E-state index contributed by atoms with van der Waals surface area (Å²) < 4.78 is 14.7. The molecule has 0 aliphatic carbocycles. The number of thioether (sulfide) groups is 1. The maximum absolute atomic E-state index is 13.0. The number of nitrogens with two attached hydrogens (primary N) is 1. The molecule has 0 atom stereocenters. The minimum atomic E-state index is -0.477. The highest BCUT2D eigenvalue weighted by molar-refractivity contribution is 7.99. The Balaban J connectivity index is 1.91. The number of rotatable bonds is 7. The van der Waals surface area contributed by atoms with E-state index in [1.165, 1.54) is 23.9 Å². The zero-order valence-electron chi connectivity index (χ0n) is 12.8. The van der Waals surface area contributed by atoms with Gasteiger partial charge in [0.25, 0.3) is 0 Å². The minimum absolute atomic E-state index is 0.0789. The van der Waals surface area contributed by atoms with Crippen LogP contribution in [-0.2, 0) is 23.1 Å². The Labute approximate surface area is 146 Å². The molecule has 0 spiro atoms. The molecule has 0 radical (unpaired) electrons. The Morgan fingerprint density at radius 1 is 1.42 bits per heavy atom. The molecule has 2 rings (SSSR count). The van der Waals surface area contributed by atoms with Gasteiger partial charge >= 0.3 is 0 Å². The number of benzene rings is 1. The number of aromatic nitrogens is 3. The van der Waals surface area contributed by atoms with E-state index in [2.05, 4.69) is 15.5 Å². The van der Waals surface area contributed by atoms with E-state index in [4.69, 9.17) is 17.3 Å². The van der Waals surface area contributed by atoms with Crippen molar-refractivity contribution >= 4 is 40.9 Å². The standard InChI is InChI=1S/C14H15ClFN5O2S/c1-21-12(5-4-11(17)22)19-20-14(21)24-7-13(23)18-10-3-2-8(16)6-9(10)15/h2-3,6H,4-5,7H2,1H3,(H2,17,22)(H,18,23). The number of nitrogens with zero attached hydrogens (tertiary/aromatic N) is 3. The van der Waals surface area contributed by atoms with Crippen molar-refractivity contribution in [3.8, 4) is 0 Å². The Morgan fingerprint density at radius 2 is 2.17 bits per heavy atom. The first-order valence-corrected chi connectivity index (χ1v) is 8.27. The van der Waals surface area contributed by atoms with Gasteiger partial charge in [0.05, 0.1) is 16.5 Å². The molecule has 1 heterocycles. The quantitative estimate of drug-likeness (QED) is 0.722. The van der Waals surface area contributed by atoms with Crippen molar-refractivity contribution in [3.63, 3.8) is 0 Å². The maximum atomic E-state index is 13.0. The van der Waals surface area contributed by atoms with Crippen molar-refractivity contribution in [2.24, 2.45) is 12.8 Å². The van der Waals surface area contributed by atoms with Crippen LogP contribution in [0.4, 0.5) is 10.1 Å². The van der Waals surface area contributed by atoms with E-state index < -0.39 is 11.7 Å². The molecule has 0 aliphatic heterocycles. The van der Waals surface area contributed by atoms with Gasteiger partial charge in [0, 0.05) is 19.9 Å². The van der Waals surface area contributed by atoms with Crippen LogP contribution >= 0.6 is 23.4 Å². The molecule has 2 aromatic rings. The molecule has 10 heteroatoms. The third-order valence-corrected chi connectivity index (χ3v) is 4.39. The van der Waals surface area contributed by atoms with Crippen molar-refractivity contribution in [1.29, 1.82) is 0 Å². The normalized spacial score (nSPS) is 10.6. The Kier molecular flexibility index (Phi) is 6.16. The van der Waals surface area contributed by atoms with Crippen LogP contribution in [0.2, 0.25) is 5.02 Å². The van der Waals surface area contributed by atoms with Gasteiger partial charge in [0.1, 0.15) is 11.6 Å². The van der Waals surface area contributed by atoms with E-state index >= 15 is 0 Å². The molecule has 0 unspecified atom stereocenters. The number of halogens is 2. The zero-order chi connectivity index (χ0) is 17.7. The molecule has 0 fully saturated rings. The van der Waals surface area contributed by atoms with Crippen molar-refractivity contribution in [3.05, 3.63) is 34.9 Å². The number of carbonyl (C=O) groups excluding carboxylic acids is 2. The number of nitrogens with one attached hydrogen (secondary N) is 1. The van der Waals surface area contributed by atoms with Gasteiger partial charge in [0.15, 0.2) is 5.16 Å². The summed E-state index contributed by atoms with van der Waals surface area (Å²) in [5.74, 6) is -0.513. The lowest BCUT2D eigenvalue weighted by molar-refractivity contribution is -0.118. The summed E-state index contributed by atoms with van der Waals surface area (Å²) in [5.41, 5.74) is 5.44. The molecular formula is C14H15ClFN5O2S. The number of aryl methyl sites for hydroxylation is 1. The van der Waals surface area contributed by atoms with Gasteiger partial charge in [-0.2, -0.15) is 0 Å². The fourth-order valence-electron chi connectivity index (χ4n) is 1.83. The fourth-order valence-corrected chi connectivity index (χ4v) is 2.78. The third kappa shape index (κ3) is 4.93. The molecule has 1 aromatic carbocycles. The Bertz CT molecular complexity index is 768. The zero-order valence-corrected chi connectivity index (χ0v) is 14.3. The van der Waals surface area contributed by atoms with Crippen LogP contribution < -0.4 is 11.1 Å². The number of primary amides is 1. The second-order valence-electron chi connectivity index (χ2n) is 4.89. The van der Waals surface area contributed by atoms with E-state index in [1.54, 1.807) is 11.6 Å². The SMILES string of the molecule is Cn1c(CCC(N)=O)nnc1SCC(=O)Nc1ccc(F)cc1Cl. The molecule has 7 nitrogen and oxygen atoms in total. The average molecular weight is 372 g/mol. The molecule has 0 aliphatic rings. The van der Waals surface area contributed by atoms with E-state index in [0.29, 0.717) is 23.1 Å². The largest absolute Gasteiger partial charge is 0.370 e. The van der Waals surface area contributed by atoms with Crippen LogP contribution in [0.5, 0.6) is 0 Å². The lowest BCUT2D eigenvalue weighted by Gasteiger charge is -2.07. The Morgan fingerprint density at radius 3 is 2.83 bits per heavy atom. The highest BCUT2D eigenvalue weighted by Crippen LogP contribution is 2.23. The molecule has 1 aromatic heterocycles. The van der Waals surface area contributed by atoms with Crippen molar-refractivity contribution < 1.29 is 14.0 Å². The molecular weight excluding hydrogens is 357 g/mol. The molecule has 24 heavy (non-hydrogen) atoms. The van der Waals surface area contributed by atoms with Crippen molar-refractivity contribution in [2.45, 2.75) is 18.0 Å². The lowest BCUT2D eigenvalue weighted by Crippen LogP contribution is -2.15. The Hall–Kier alpha value is -2.13. The first-order chi connectivity index (χ1) is 11.4. The summed E-state index contributed by atoms with van der Waals surface area (Å²) >= 11 is 7.04. The third-order valence-electron chi connectivity index (χ3n) is 3.06. The van der Waals surface area contributed by atoms with Gasteiger partial charge in [0.2, 0.25) is 11.8 Å². The van der Waals surface area contributed by atoms with Crippen molar-refractivity contribution in [2.75, 3.05) is 11.1 Å². The summed E-state index contributed by atoms with van der Waals surface area (Å²) in [6.45, 7) is 0. The summed E-state index contributed by atoms with van der Waals surface area (Å²) in [7, 11) is 1.74. The number of carbonyl (C=O) groups is 2. The number of anilines is 1. The highest BCUT2D eigenvalue weighted by atomic mass is 35.5. The molecule has 0 saturated carbocycles. The summed E-state index contributed by atoms with van der Waals surface area (Å²) in [4.78, 5) is 22.8. The molecule has 0 saturated heterocycles. The number of amides is 2. The van der Waals surface area contributed by atoms with E-state index in [9.17, 15) is 14.0 Å². The van der Waals surface area contributed by atoms with E-state index in [0.717, 1.165) is 6.07 Å². The van der Waals surface area contributed by atoms with Crippen molar-refractivity contribution in [1.82, 2.24) is 14.8 Å². The van der Waals surface area contributed by atoms with Crippen LogP contribution in [0.25, 0.3) is 0 Å². The molecule has 128 valence electrons. The number of hydrogen-bond acceptors (Lipinski definition) is 5. The highest BCUT2D eigenvalue weighted by Gasteiger charge is 2.13. The van der Waals surface area contributed by atoms with E-state index in [-0.39, 0.29) is 23.1 Å². The second-order valence-corrected chi connectivity index (χ2v) is 6.23. The molecule has 2 amide bonds. The van der Waals surface area contributed by atoms with Gasteiger partial charge in [-0.3, -0.25) is 9.59 Å². The van der Waals surface area contributed by atoms with Crippen LogP contribution in [-0.4, -0.2) is 32.3 Å². The summed E-state index contributed by atoms with van der Waals surface area (Å²) in [5, 5.41) is 11.2. The van der Waals surface area contributed by atoms with Gasteiger partial charge in [-0.25, -0.2) is 4.39 Å². The van der Waals surface area contributed by atoms with Gasteiger partial charge in [-0.1, -0.05) is 23.4 Å². The monoisotopic (exact) mass is 371 g/mol. The summed E-state index contributed by atoms with van der Waals surface area (Å²) in [6.07, 6.45) is 0.566. The van der Waals surface area contributed by atoms with Crippen LogP contribution in [0, 0.1) is 5.82 Å². The van der Waals surface area contributed by atoms with Gasteiger partial charge in [-0.15, -0.1) is 10.2 Å². The van der Waals surface area contributed by atoms with Crippen LogP contribution in [0.1, 0.15) is 12.2 Å². The number of hydrogen-bond donors (Lipinski definition) is 2. The predicted molar refractivity (Wildman–Crippen MR) is 89.3 cm³/mol. The van der Waals surface area contributed by atoms with Crippen LogP contribution in [0.15, 0.2) is 23.4 Å². The van der Waals surface area contributed by atoms with E-state index in [1.807, 2.05) is 0 Å². The predicted octanol–water partition coefficient (Wildman–Crippen LogP) is 1.76. The fraction of sp³-hybridized carbons (Fsp3) is 0.286. The maximum Gasteiger partial charge on any atom is 0.234 e. The first kappa shape index (κ1) is 18.2. The first-order valence-electron chi connectivity index (χ1n) is 6.91. The van der Waals surface area contributed by atoms with Gasteiger partial charge in [-0.05, 0) is 18.2 Å². The van der Waals surface area contributed by atoms with Gasteiger partial charge < -0.3 is 15.6 Å². The lowest BCUT2D eigenvalue weighted by atomic mass is 10.3. The molecule has 0 bridgehead atoms. The van der Waals surface area contributed by atoms with Crippen LogP contribution in [0.3, 0.4) is 0 Å². The smallest absolute Gasteiger partial charge is 0.234 e. The average Bonchev–Trinajstić information content (AvgIpc) is 2.86. The molecule has 3 N–H and O–H groups in total. The topological polar surface area (TPSA) is 103 Å². The second kappa shape index (κ2) is 8.11.